The van der Waals surface area contributed by atoms with Gasteiger partial charge in [0.05, 0.1) is 0 Å². The molecule has 0 spiro atoms. The fraction of sp³-hybridized carbons (Fsp3) is 0.200. The minimum Gasteiger partial charge on any atom is -0.147 e. The van der Waals surface area contributed by atoms with E-state index in [4.69, 9.17) is 0 Å². The van der Waals surface area contributed by atoms with Crippen LogP contribution in [0, 0.1) is 0 Å². The first-order valence-corrected chi connectivity index (χ1v) is 23.6. The molecular formula is C25H28Cl2SiZr. The van der Waals surface area contributed by atoms with E-state index in [-0.39, 0.29) is 24.8 Å². The molecular weight excluding hydrogens is 490 g/mol. The maximum Gasteiger partial charge on any atom is -0.147 e. The Balaban J connectivity index is 0.00000120. The Hall–Kier alpha value is -0.920. The van der Waals surface area contributed by atoms with Crippen LogP contribution >= 0.6 is 24.8 Å². The van der Waals surface area contributed by atoms with Crippen molar-refractivity contribution in [3.8, 4) is 11.1 Å². The molecule has 2 aliphatic rings. The molecule has 0 amide bonds. The molecule has 29 heavy (non-hydrogen) atoms. The molecule has 0 saturated heterocycles. The summed E-state index contributed by atoms with van der Waals surface area (Å²) in [6.07, 6.45) is 2.45. The summed E-state index contributed by atoms with van der Waals surface area (Å²) in [5.74, 6) is 0. The fourth-order valence-corrected chi connectivity index (χ4v) is 26.0. The van der Waals surface area contributed by atoms with Gasteiger partial charge in [-0.1, -0.05) is 0 Å². The first kappa shape index (κ1) is 22.8. The summed E-state index contributed by atoms with van der Waals surface area (Å²) in [4.78, 5) is 0. The molecule has 0 heterocycles. The quantitative estimate of drug-likeness (QED) is 0.318. The number of benzene rings is 3. The van der Waals surface area contributed by atoms with E-state index in [1.807, 2.05) is 0 Å². The Morgan fingerprint density at radius 2 is 1.10 bits per heavy atom. The van der Waals surface area contributed by atoms with Crippen LogP contribution in [0.2, 0.25) is 9.26 Å². The van der Waals surface area contributed by atoms with Gasteiger partial charge in [-0.05, 0) is 0 Å². The third-order valence-corrected chi connectivity index (χ3v) is 24.4. The van der Waals surface area contributed by atoms with E-state index in [0.717, 1.165) is 0 Å². The molecule has 0 fully saturated rings. The van der Waals surface area contributed by atoms with Crippen molar-refractivity contribution in [3.05, 3.63) is 101 Å². The average molecular weight is 519 g/mol. The van der Waals surface area contributed by atoms with E-state index < -0.39 is 17.4 Å². The second-order valence-electron chi connectivity index (χ2n) is 9.49. The second kappa shape index (κ2) is 7.65. The third kappa shape index (κ3) is 3.28. The third-order valence-electron chi connectivity index (χ3n) is 6.88. The van der Waals surface area contributed by atoms with Crippen LogP contribution in [0.5, 0.6) is 0 Å². The van der Waals surface area contributed by atoms with Crippen LogP contribution in [0.3, 0.4) is 0 Å². The molecule has 3 aromatic rings. The molecule has 0 N–H and O–H groups in total. The van der Waals surface area contributed by atoms with Crippen LogP contribution in [0.4, 0.5) is 0 Å². The van der Waals surface area contributed by atoms with E-state index in [1.54, 1.807) is 22.3 Å². The molecule has 1 atom stereocenters. The van der Waals surface area contributed by atoms with Gasteiger partial charge in [-0.25, -0.2) is 0 Å². The molecule has 1 unspecified atom stereocenters. The zero-order valence-corrected chi connectivity index (χ0v) is 22.7. The number of hydrogen-bond donors (Lipinski definition) is 0. The van der Waals surface area contributed by atoms with E-state index in [0.29, 0.717) is 7.25 Å². The van der Waals surface area contributed by atoms with Gasteiger partial charge in [0.1, 0.15) is 0 Å². The molecule has 0 nitrogen and oxygen atoms in total. The van der Waals surface area contributed by atoms with E-state index in [9.17, 15) is 0 Å². The van der Waals surface area contributed by atoms with Crippen LogP contribution in [0.1, 0.15) is 36.4 Å². The molecule has 0 aromatic heterocycles. The Kier molecular flexibility index (Phi) is 6.00. The fourth-order valence-electron chi connectivity index (χ4n) is 6.08. The van der Waals surface area contributed by atoms with Crippen molar-refractivity contribution in [2.45, 2.75) is 23.4 Å². The largest absolute Gasteiger partial charge is 0.147 e. The first-order valence-electron chi connectivity index (χ1n) is 9.90. The number of rotatable bonds is 2. The van der Waals surface area contributed by atoms with Crippen molar-refractivity contribution < 1.29 is 17.4 Å². The van der Waals surface area contributed by atoms with Gasteiger partial charge in [-0.15, -0.1) is 24.8 Å². The normalized spacial score (nSPS) is 17.4. The van der Waals surface area contributed by atoms with Gasteiger partial charge in [0.25, 0.3) is 0 Å². The van der Waals surface area contributed by atoms with Gasteiger partial charge < -0.3 is 0 Å². The molecule has 0 radical (unpaired) electrons. The van der Waals surface area contributed by atoms with Crippen LogP contribution in [-0.2, 0) is 17.4 Å². The Morgan fingerprint density at radius 1 is 0.655 bits per heavy atom. The van der Waals surface area contributed by atoms with Crippen LogP contribution in [-0.4, -0.2) is 6.88 Å². The van der Waals surface area contributed by atoms with Crippen molar-refractivity contribution in [1.82, 2.24) is 0 Å². The van der Waals surface area contributed by atoms with Crippen molar-refractivity contribution in [3.63, 3.8) is 0 Å². The summed E-state index contributed by atoms with van der Waals surface area (Å²) in [6.45, 7) is 4.78. The van der Waals surface area contributed by atoms with Gasteiger partial charge in [0.2, 0.25) is 0 Å². The van der Waals surface area contributed by atoms with Crippen LogP contribution in [0.25, 0.3) is 17.2 Å². The van der Waals surface area contributed by atoms with Crippen molar-refractivity contribution in [1.29, 1.82) is 0 Å². The smallest absolute Gasteiger partial charge is 0.147 e. The first-order chi connectivity index (χ1) is 12.9. The summed E-state index contributed by atoms with van der Waals surface area (Å²) in [5, 5.41) is 0. The maximum atomic E-state index is 2.70. The molecule has 5 rings (SSSR count). The summed E-state index contributed by atoms with van der Waals surface area (Å²) in [6, 6.07) is 27.4. The predicted molar refractivity (Wildman–Crippen MR) is 131 cm³/mol. The van der Waals surface area contributed by atoms with Crippen molar-refractivity contribution >= 4 is 37.8 Å². The molecule has 0 aliphatic heterocycles. The molecule has 0 saturated carbocycles. The zero-order chi connectivity index (χ0) is 18.8. The zero-order valence-electron chi connectivity index (χ0n) is 17.2. The van der Waals surface area contributed by atoms with E-state index >= 15 is 0 Å². The molecule has 3 aromatic carbocycles. The van der Waals surface area contributed by atoms with Crippen LogP contribution in [0.15, 0.2) is 78.4 Å². The molecule has 2 aliphatic carbocycles. The molecule has 4 heteroatoms. The Morgan fingerprint density at radius 3 is 1.66 bits per heavy atom. The minimum atomic E-state index is -3.31. The van der Waals surface area contributed by atoms with Gasteiger partial charge >= 0.3 is 166 Å². The summed E-state index contributed by atoms with van der Waals surface area (Å²) in [5.41, 5.74) is 10.6. The van der Waals surface area contributed by atoms with Crippen LogP contribution < -0.4 is 0 Å². The predicted octanol–water partition coefficient (Wildman–Crippen LogP) is 7.09. The van der Waals surface area contributed by atoms with E-state index in [2.05, 4.69) is 102 Å². The summed E-state index contributed by atoms with van der Waals surface area (Å²) < 4.78 is 6.60. The summed E-state index contributed by atoms with van der Waals surface area (Å²) in [7, 11) is 0. The van der Waals surface area contributed by atoms with Gasteiger partial charge in [0, 0.05) is 0 Å². The number of halogens is 2. The maximum absolute atomic E-state index is 3.31. The monoisotopic (exact) mass is 516 g/mol. The Labute approximate surface area is 189 Å². The number of fused-ring (bicyclic) bond motifs is 4. The topological polar surface area (TPSA) is 0 Å². The van der Waals surface area contributed by atoms with Gasteiger partial charge in [-0.2, -0.15) is 0 Å². The summed E-state index contributed by atoms with van der Waals surface area (Å²) >= 11 is -3.31. The van der Waals surface area contributed by atoms with Crippen molar-refractivity contribution in [2.24, 2.45) is 0 Å². The standard InChI is InChI=1S/C13H9.C10H9.2CH3.2ClH.H2Si.Zr/c1-3-7-12-10(5-1)9-11-6-2-4-8-13(11)12;1-8-6-9-4-2-3-5-10(9)7-8;;;;;;/h1-9H;2-7H,1H3;2*1H3;2*1H;1H2;. The SMILES string of the molecule is CC1=Cc2ccccc2[CH]1[Zr]([CH3])([CH3])(=[SiH2])[CH]1c2ccccc2-c2ccccc21.Cl.Cl. The molecule has 0 bridgehead atoms. The van der Waals surface area contributed by atoms with Gasteiger partial charge in [-0.3, -0.25) is 0 Å². The number of hydrogen-bond acceptors (Lipinski definition) is 0. The van der Waals surface area contributed by atoms with Gasteiger partial charge in [0.15, 0.2) is 0 Å². The molecule has 150 valence electrons. The minimum absolute atomic E-state index is 0. The number of allylic oxidation sites excluding steroid dienone is 1. The second-order valence-corrected chi connectivity index (χ2v) is 40.0. The van der Waals surface area contributed by atoms with Crippen molar-refractivity contribution in [2.75, 3.05) is 0 Å². The Bertz CT molecular complexity index is 1140. The van der Waals surface area contributed by atoms with E-state index in [1.165, 1.54) is 16.7 Å². The average Bonchev–Trinajstić information content (AvgIpc) is 3.16.